The summed E-state index contributed by atoms with van der Waals surface area (Å²) < 4.78 is 1.76. The first-order chi connectivity index (χ1) is 12.8. The predicted molar refractivity (Wildman–Crippen MR) is 100 cm³/mol. The van der Waals surface area contributed by atoms with Crippen molar-refractivity contribution in [1.82, 2.24) is 34.9 Å². The Morgan fingerprint density at radius 2 is 2.15 bits per heavy atom. The van der Waals surface area contributed by atoms with Gasteiger partial charge in [-0.15, -0.1) is 11.3 Å². The fourth-order valence-electron chi connectivity index (χ4n) is 3.46. The van der Waals surface area contributed by atoms with Gasteiger partial charge in [0.15, 0.2) is 0 Å². The van der Waals surface area contributed by atoms with Gasteiger partial charge in [0.2, 0.25) is 0 Å². The number of likely N-dealkylation sites (N-methyl/N-ethyl adjacent to an activating group) is 1. The summed E-state index contributed by atoms with van der Waals surface area (Å²) in [5, 5.41) is 16.7. The second kappa shape index (κ2) is 6.26. The van der Waals surface area contributed by atoms with Gasteiger partial charge in [-0.05, 0) is 46.7 Å². The normalized spacial score (nSPS) is 14.8. The van der Waals surface area contributed by atoms with E-state index in [2.05, 4.69) is 37.6 Å². The van der Waals surface area contributed by atoms with E-state index in [0.29, 0.717) is 12.3 Å². The van der Waals surface area contributed by atoms with Gasteiger partial charge in [-0.1, -0.05) is 12.0 Å². The Balaban J connectivity index is 1.62. The maximum absolute atomic E-state index is 4.69. The zero-order valence-electron chi connectivity index (χ0n) is 14.4. The standard InChI is InChI=1S/C17H18N8S/c1-2-24-8-5-12-13(10-24)26-16-14(12)15(20-17-21-22-23-25(16)17)19-9-11-3-6-18-7-4-11/h3-4,6-7H,2,5,8-10H2,1H3,(H,19,20,21,23). The van der Waals surface area contributed by atoms with Crippen molar-refractivity contribution < 1.29 is 0 Å². The number of tetrazole rings is 1. The number of hydrogen-bond donors (Lipinski definition) is 1. The van der Waals surface area contributed by atoms with E-state index in [4.69, 9.17) is 4.98 Å². The smallest absolute Gasteiger partial charge is 0.276 e. The average Bonchev–Trinajstić information content (AvgIpc) is 3.30. The minimum absolute atomic E-state index is 0.528. The molecule has 5 heterocycles. The van der Waals surface area contributed by atoms with Gasteiger partial charge in [-0.25, -0.2) is 0 Å². The molecule has 0 fully saturated rings. The topological polar surface area (TPSA) is 84.1 Å². The summed E-state index contributed by atoms with van der Waals surface area (Å²) in [6.45, 7) is 6.03. The fraction of sp³-hybridized carbons (Fsp3) is 0.353. The van der Waals surface area contributed by atoms with Gasteiger partial charge < -0.3 is 5.32 Å². The Morgan fingerprint density at radius 1 is 1.27 bits per heavy atom. The van der Waals surface area contributed by atoms with E-state index in [1.54, 1.807) is 28.2 Å². The molecule has 0 bridgehead atoms. The largest absolute Gasteiger partial charge is 0.365 e. The third-order valence-corrected chi connectivity index (χ3v) is 6.06. The summed E-state index contributed by atoms with van der Waals surface area (Å²) in [6.07, 6.45) is 4.64. The Kier molecular flexibility index (Phi) is 3.75. The van der Waals surface area contributed by atoms with Crippen molar-refractivity contribution in [2.75, 3.05) is 18.4 Å². The van der Waals surface area contributed by atoms with Crippen LogP contribution in [0.3, 0.4) is 0 Å². The van der Waals surface area contributed by atoms with Crippen LogP contribution in [0.2, 0.25) is 0 Å². The van der Waals surface area contributed by atoms with E-state index < -0.39 is 0 Å². The summed E-state index contributed by atoms with van der Waals surface area (Å²) in [5.41, 5.74) is 2.55. The molecule has 0 aromatic carbocycles. The Bertz CT molecular complexity index is 1070. The van der Waals surface area contributed by atoms with Crippen LogP contribution >= 0.6 is 11.3 Å². The maximum atomic E-state index is 4.69. The van der Waals surface area contributed by atoms with Crippen molar-refractivity contribution in [2.45, 2.75) is 26.4 Å². The molecule has 0 radical (unpaired) electrons. The molecule has 1 aliphatic rings. The van der Waals surface area contributed by atoms with E-state index in [1.165, 1.54) is 10.4 Å². The van der Waals surface area contributed by atoms with Crippen LogP contribution in [0.15, 0.2) is 24.5 Å². The average molecular weight is 366 g/mol. The highest BCUT2D eigenvalue weighted by Crippen LogP contribution is 2.38. The van der Waals surface area contributed by atoms with Gasteiger partial charge in [0.1, 0.15) is 10.6 Å². The number of thiophene rings is 1. The summed E-state index contributed by atoms with van der Waals surface area (Å²) in [6, 6.07) is 4.01. The second-order valence-electron chi connectivity index (χ2n) is 6.36. The quantitative estimate of drug-likeness (QED) is 0.592. The number of hydrogen-bond acceptors (Lipinski definition) is 8. The number of nitrogens with one attached hydrogen (secondary N) is 1. The molecular formula is C17H18N8S. The lowest BCUT2D eigenvalue weighted by atomic mass is 10.0. The monoisotopic (exact) mass is 366 g/mol. The molecule has 0 spiro atoms. The molecular weight excluding hydrogens is 348 g/mol. The van der Waals surface area contributed by atoms with E-state index >= 15 is 0 Å². The van der Waals surface area contributed by atoms with Crippen molar-refractivity contribution in [3.05, 3.63) is 40.5 Å². The summed E-state index contributed by atoms with van der Waals surface area (Å²) >= 11 is 1.78. The number of anilines is 1. The first-order valence-electron chi connectivity index (χ1n) is 8.71. The van der Waals surface area contributed by atoms with Crippen LogP contribution in [-0.2, 0) is 19.5 Å². The van der Waals surface area contributed by atoms with E-state index in [9.17, 15) is 0 Å². The van der Waals surface area contributed by atoms with Crippen molar-refractivity contribution in [3.63, 3.8) is 0 Å². The maximum Gasteiger partial charge on any atom is 0.276 e. The molecule has 9 heteroatoms. The van der Waals surface area contributed by atoms with Gasteiger partial charge in [-0.2, -0.15) is 9.50 Å². The molecule has 0 saturated carbocycles. The van der Waals surface area contributed by atoms with Gasteiger partial charge in [0.05, 0.1) is 5.39 Å². The van der Waals surface area contributed by atoms with Gasteiger partial charge in [0, 0.05) is 36.9 Å². The van der Waals surface area contributed by atoms with Crippen LogP contribution in [0.25, 0.3) is 16.0 Å². The molecule has 0 amide bonds. The Hall–Kier alpha value is -2.65. The van der Waals surface area contributed by atoms with Crippen molar-refractivity contribution >= 4 is 33.1 Å². The van der Waals surface area contributed by atoms with E-state index in [1.807, 2.05) is 12.1 Å². The highest BCUT2D eigenvalue weighted by Gasteiger charge is 2.25. The SMILES string of the molecule is CCN1CCc2c(sc3c2c(NCc2ccncc2)nc2nnnn23)C1. The molecule has 0 aliphatic carbocycles. The molecule has 0 atom stereocenters. The lowest BCUT2D eigenvalue weighted by Crippen LogP contribution is -2.29. The predicted octanol–water partition coefficient (Wildman–Crippen LogP) is 2.12. The highest BCUT2D eigenvalue weighted by atomic mass is 32.1. The van der Waals surface area contributed by atoms with Crippen LogP contribution in [0.1, 0.15) is 22.9 Å². The van der Waals surface area contributed by atoms with Crippen LogP contribution in [0.5, 0.6) is 0 Å². The van der Waals surface area contributed by atoms with Crippen molar-refractivity contribution in [2.24, 2.45) is 0 Å². The molecule has 1 N–H and O–H groups in total. The van der Waals surface area contributed by atoms with Crippen LogP contribution in [0, 0.1) is 0 Å². The number of aromatic nitrogens is 6. The van der Waals surface area contributed by atoms with Gasteiger partial charge in [0.25, 0.3) is 5.78 Å². The molecule has 26 heavy (non-hydrogen) atoms. The van der Waals surface area contributed by atoms with Gasteiger partial charge >= 0.3 is 0 Å². The molecule has 1 aliphatic heterocycles. The minimum atomic E-state index is 0.528. The molecule has 5 rings (SSSR count). The Labute approximate surface area is 153 Å². The zero-order valence-corrected chi connectivity index (χ0v) is 15.2. The van der Waals surface area contributed by atoms with Crippen LogP contribution in [0.4, 0.5) is 5.82 Å². The minimum Gasteiger partial charge on any atom is -0.365 e. The molecule has 0 unspecified atom stereocenters. The molecule has 4 aromatic rings. The molecule has 0 saturated heterocycles. The van der Waals surface area contributed by atoms with E-state index in [0.717, 1.165) is 47.7 Å². The molecule has 132 valence electrons. The Morgan fingerprint density at radius 3 is 3.00 bits per heavy atom. The third kappa shape index (κ3) is 2.51. The highest BCUT2D eigenvalue weighted by molar-refractivity contribution is 7.19. The summed E-state index contributed by atoms with van der Waals surface area (Å²) in [7, 11) is 0. The first-order valence-corrected chi connectivity index (χ1v) is 9.52. The second-order valence-corrected chi connectivity index (χ2v) is 7.45. The lowest BCUT2D eigenvalue weighted by Gasteiger charge is -2.25. The van der Waals surface area contributed by atoms with Crippen LogP contribution in [-0.4, -0.2) is 48.0 Å². The number of nitrogens with zero attached hydrogens (tertiary/aromatic N) is 7. The summed E-state index contributed by atoms with van der Waals surface area (Å²) in [5.74, 6) is 1.39. The van der Waals surface area contributed by atoms with Crippen molar-refractivity contribution in [3.8, 4) is 0 Å². The first kappa shape index (κ1) is 15.6. The zero-order chi connectivity index (χ0) is 17.5. The number of pyridine rings is 1. The molecule has 4 aromatic heterocycles. The number of rotatable bonds is 4. The number of fused-ring (bicyclic) bond motifs is 5. The van der Waals surface area contributed by atoms with E-state index in [-0.39, 0.29) is 0 Å². The fourth-order valence-corrected chi connectivity index (χ4v) is 4.79. The lowest BCUT2D eigenvalue weighted by molar-refractivity contribution is 0.272. The van der Waals surface area contributed by atoms with Crippen LogP contribution < -0.4 is 5.32 Å². The third-order valence-electron chi connectivity index (χ3n) is 4.87. The van der Waals surface area contributed by atoms with Crippen molar-refractivity contribution in [1.29, 1.82) is 0 Å². The van der Waals surface area contributed by atoms with Gasteiger partial charge in [-0.3, -0.25) is 9.88 Å². The molecule has 8 nitrogen and oxygen atoms in total. The summed E-state index contributed by atoms with van der Waals surface area (Å²) in [4.78, 5) is 13.7.